The summed E-state index contributed by atoms with van der Waals surface area (Å²) in [5, 5.41) is 3.28. The molecular weight excluding hydrogens is 172 g/mol. The standard InChI is InChI=1S/C12H20N2/c1-10(2)8-11-4-3-5-12(9-11)14-7-6-13/h3-5,9-10,14H,6-8,13H2,1-2H3. The topological polar surface area (TPSA) is 38.0 Å². The quantitative estimate of drug-likeness (QED) is 0.751. The third kappa shape index (κ3) is 3.79. The molecule has 14 heavy (non-hydrogen) atoms. The van der Waals surface area contributed by atoms with Crippen LogP contribution in [-0.2, 0) is 6.42 Å². The van der Waals surface area contributed by atoms with E-state index in [9.17, 15) is 0 Å². The Hall–Kier alpha value is -1.02. The summed E-state index contributed by atoms with van der Waals surface area (Å²) >= 11 is 0. The first-order valence-electron chi connectivity index (χ1n) is 5.25. The summed E-state index contributed by atoms with van der Waals surface area (Å²) in [5.74, 6) is 0.708. The van der Waals surface area contributed by atoms with Crippen LogP contribution in [0.4, 0.5) is 5.69 Å². The number of hydrogen-bond donors (Lipinski definition) is 2. The minimum Gasteiger partial charge on any atom is -0.384 e. The molecule has 0 radical (unpaired) electrons. The predicted octanol–water partition coefficient (Wildman–Crippen LogP) is 2.26. The van der Waals surface area contributed by atoms with E-state index in [4.69, 9.17) is 5.73 Å². The molecule has 0 atom stereocenters. The Kier molecular flexibility index (Phi) is 4.47. The summed E-state index contributed by atoms with van der Waals surface area (Å²) in [6, 6.07) is 8.55. The van der Waals surface area contributed by atoms with Crippen LogP contribution in [-0.4, -0.2) is 13.1 Å². The maximum Gasteiger partial charge on any atom is 0.0343 e. The van der Waals surface area contributed by atoms with Crippen molar-refractivity contribution in [1.29, 1.82) is 0 Å². The van der Waals surface area contributed by atoms with Crippen LogP contribution in [0.3, 0.4) is 0 Å². The number of benzene rings is 1. The molecule has 1 aromatic rings. The summed E-state index contributed by atoms with van der Waals surface area (Å²) in [7, 11) is 0. The molecule has 0 spiro atoms. The van der Waals surface area contributed by atoms with Crippen LogP contribution in [0.25, 0.3) is 0 Å². The molecule has 2 heteroatoms. The molecule has 0 fully saturated rings. The lowest BCUT2D eigenvalue weighted by Crippen LogP contribution is -2.13. The maximum absolute atomic E-state index is 5.43. The first-order chi connectivity index (χ1) is 6.72. The van der Waals surface area contributed by atoms with Crippen molar-refractivity contribution >= 4 is 5.69 Å². The van der Waals surface area contributed by atoms with E-state index in [-0.39, 0.29) is 0 Å². The van der Waals surface area contributed by atoms with Crippen molar-refractivity contribution in [3.63, 3.8) is 0 Å². The first-order valence-corrected chi connectivity index (χ1v) is 5.25. The van der Waals surface area contributed by atoms with Crippen molar-refractivity contribution in [2.75, 3.05) is 18.4 Å². The molecule has 0 unspecified atom stereocenters. The van der Waals surface area contributed by atoms with Gasteiger partial charge in [-0.1, -0.05) is 26.0 Å². The SMILES string of the molecule is CC(C)Cc1cccc(NCCN)c1. The van der Waals surface area contributed by atoms with Gasteiger partial charge in [0.2, 0.25) is 0 Å². The molecule has 0 aliphatic rings. The van der Waals surface area contributed by atoms with Gasteiger partial charge in [-0.05, 0) is 30.0 Å². The molecule has 0 bridgehead atoms. The van der Waals surface area contributed by atoms with Crippen molar-refractivity contribution in [3.8, 4) is 0 Å². The molecule has 3 N–H and O–H groups in total. The van der Waals surface area contributed by atoms with Crippen LogP contribution < -0.4 is 11.1 Å². The maximum atomic E-state index is 5.43. The molecule has 2 nitrogen and oxygen atoms in total. The van der Waals surface area contributed by atoms with Crippen molar-refractivity contribution in [2.24, 2.45) is 11.7 Å². The molecule has 0 heterocycles. The van der Waals surface area contributed by atoms with Gasteiger partial charge in [-0.15, -0.1) is 0 Å². The highest BCUT2D eigenvalue weighted by atomic mass is 14.9. The molecule has 78 valence electrons. The molecular formula is C12H20N2. The van der Waals surface area contributed by atoms with E-state index in [1.165, 1.54) is 11.3 Å². The second-order valence-corrected chi connectivity index (χ2v) is 4.01. The average molecular weight is 192 g/mol. The number of anilines is 1. The lowest BCUT2D eigenvalue weighted by atomic mass is 10.0. The van der Waals surface area contributed by atoms with Crippen molar-refractivity contribution in [3.05, 3.63) is 29.8 Å². The van der Waals surface area contributed by atoms with E-state index in [0.717, 1.165) is 13.0 Å². The Morgan fingerprint density at radius 2 is 2.14 bits per heavy atom. The molecule has 0 aliphatic heterocycles. The monoisotopic (exact) mass is 192 g/mol. The van der Waals surface area contributed by atoms with Gasteiger partial charge in [0.15, 0.2) is 0 Å². The van der Waals surface area contributed by atoms with Gasteiger partial charge < -0.3 is 11.1 Å². The van der Waals surface area contributed by atoms with E-state index in [1.54, 1.807) is 0 Å². The highest BCUT2D eigenvalue weighted by Gasteiger charge is 1.98. The normalized spacial score (nSPS) is 10.6. The largest absolute Gasteiger partial charge is 0.384 e. The lowest BCUT2D eigenvalue weighted by molar-refractivity contribution is 0.647. The van der Waals surface area contributed by atoms with E-state index < -0.39 is 0 Å². The Balaban J connectivity index is 2.59. The van der Waals surface area contributed by atoms with E-state index >= 15 is 0 Å². The number of nitrogens with two attached hydrogens (primary N) is 1. The van der Waals surface area contributed by atoms with Crippen LogP contribution in [0.1, 0.15) is 19.4 Å². The average Bonchev–Trinajstić information content (AvgIpc) is 2.14. The summed E-state index contributed by atoms with van der Waals surface area (Å²) < 4.78 is 0. The number of rotatable bonds is 5. The van der Waals surface area contributed by atoms with Gasteiger partial charge in [0, 0.05) is 18.8 Å². The third-order valence-corrected chi connectivity index (χ3v) is 2.04. The molecule has 0 aromatic heterocycles. The van der Waals surface area contributed by atoms with Crippen molar-refractivity contribution < 1.29 is 0 Å². The van der Waals surface area contributed by atoms with Gasteiger partial charge in [0.05, 0.1) is 0 Å². The fourth-order valence-corrected chi connectivity index (χ4v) is 1.50. The van der Waals surface area contributed by atoms with Crippen LogP contribution >= 0.6 is 0 Å². The highest BCUT2D eigenvalue weighted by Crippen LogP contribution is 2.13. The van der Waals surface area contributed by atoms with Gasteiger partial charge in [-0.3, -0.25) is 0 Å². The molecule has 0 saturated heterocycles. The van der Waals surface area contributed by atoms with Gasteiger partial charge >= 0.3 is 0 Å². The third-order valence-electron chi connectivity index (χ3n) is 2.04. The summed E-state index contributed by atoms with van der Waals surface area (Å²) in [6.45, 7) is 5.99. The Morgan fingerprint density at radius 1 is 1.36 bits per heavy atom. The lowest BCUT2D eigenvalue weighted by Gasteiger charge is -2.08. The molecule has 1 aromatic carbocycles. The number of hydrogen-bond acceptors (Lipinski definition) is 2. The van der Waals surface area contributed by atoms with Crippen LogP contribution in [0.5, 0.6) is 0 Å². The zero-order valence-corrected chi connectivity index (χ0v) is 9.09. The van der Waals surface area contributed by atoms with E-state index in [1.807, 2.05) is 0 Å². The molecule has 0 saturated carbocycles. The Bertz CT molecular complexity index is 269. The summed E-state index contributed by atoms with van der Waals surface area (Å²) in [6.07, 6.45) is 1.14. The fourth-order valence-electron chi connectivity index (χ4n) is 1.50. The van der Waals surface area contributed by atoms with Gasteiger partial charge in [-0.2, -0.15) is 0 Å². The zero-order valence-electron chi connectivity index (χ0n) is 9.09. The Labute approximate surface area is 86.5 Å². The van der Waals surface area contributed by atoms with E-state index in [0.29, 0.717) is 12.5 Å². The molecule has 0 aliphatic carbocycles. The minimum atomic E-state index is 0.675. The van der Waals surface area contributed by atoms with Gasteiger partial charge in [0.1, 0.15) is 0 Å². The second-order valence-electron chi connectivity index (χ2n) is 4.01. The smallest absolute Gasteiger partial charge is 0.0343 e. The predicted molar refractivity (Wildman–Crippen MR) is 62.5 cm³/mol. The van der Waals surface area contributed by atoms with Gasteiger partial charge in [0.25, 0.3) is 0 Å². The summed E-state index contributed by atoms with van der Waals surface area (Å²) in [4.78, 5) is 0. The summed E-state index contributed by atoms with van der Waals surface area (Å²) in [5.41, 5.74) is 8.00. The van der Waals surface area contributed by atoms with E-state index in [2.05, 4.69) is 43.4 Å². The minimum absolute atomic E-state index is 0.675. The number of nitrogens with one attached hydrogen (secondary N) is 1. The first kappa shape index (κ1) is 11.1. The van der Waals surface area contributed by atoms with Crippen molar-refractivity contribution in [1.82, 2.24) is 0 Å². The molecule has 0 amide bonds. The van der Waals surface area contributed by atoms with Crippen LogP contribution in [0.15, 0.2) is 24.3 Å². The van der Waals surface area contributed by atoms with Crippen molar-refractivity contribution in [2.45, 2.75) is 20.3 Å². The van der Waals surface area contributed by atoms with Crippen LogP contribution in [0.2, 0.25) is 0 Å². The second kappa shape index (κ2) is 5.66. The molecule has 1 rings (SSSR count). The zero-order chi connectivity index (χ0) is 10.4. The van der Waals surface area contributed by atoms with Gasteiger partial charge in [-0.25, -0.2) is 0 Å². The highest BCUT2D eigenvalue weighted by molar-refractivity contribution is 5.45. The Morgan fingerprint density at radius 3 is 2.79 bits per heavy atom. The van der Waals surface area contributed by atoms with Crippen LogP contribution in [0, 0.1) is 5.92 Å². The fraction of sp³-hybridized carbons (Fsp3) is 0.500.